The Morgan fingerprint density at radius 3 is 2.52 bits per heavy atom. The second-order valence-electron chi connectivity index (χ2n) is 8.52. The van der Waals surface area contributed by atoms with E-state index in [1.54, 1.807) is 4.31 Å². The molecule has 158 valence electrons. The maximum absolute atomic E-state index is 13.3. The summed E-state index contributed by atoms with van der Waals surface area (Å²) < 4.78 is 28.1. The molecule has 3 heterocycles. The van der Waals surface area contributed by atoms with Crippen molar-refractivity contribution in [1.82, 2.24) is 9.21 Å². The Morgan fingerprint density at radius 1 is 1.17 bits per heavy atom. The van der Waals surface area contributed by atoms with Crippen LogP contribution in [0.1, 0.15) is 55.8 Å². The molecule has 0 aromatic heterocycles. The molecule has 3 fully saturated rings. The summed E-state index contributed by atoms with van der Waals surface area (Å²) >= 11 is 0. The topological polar surface area (TPSA) is 95.0 Å². The standard InChI is InChI=1S/C21H28N2O5S/c1-2-4-18-15-11-16(19-5-3-6-20(24)23(18)19)13-22(12-15)29(27,28)17-9-7-14(8-10-17)21(25)26/h7-10,15-16,18-19H,2-6,11-13H2,1H3,(H,25,26)/t15-,16+,18-,19-/m0/s1. The third kappa shape index (κ3) is 3.57. The van der Waals surface area contributed by atoms with Crippen LogP contribution in [0.2, 0.25) is 0 Å². The van der Waals surface area contributed by atoms with Crippen molar-refractivity contribution in [1.29, 1.82) is 0 Å². The zero-order chi connectivity index (χ0) is 20.8. The Morgan fingerprint density at radius 2 is 1.86 bits per heavy atom. The van der Waals surface area contributed by atoms with Gasteiger partial charge in [-0.25, -0.2) is 13.2 Å². The number of sulfonamides is 1. The number of piperidine rings is 3. The van der Waals surface area contributed by atoms with Crippen molar-refractivity contribution in [2.24, 2.45) is 11.8 Å². The first-order valence-electron chi connectivity index (χ1n) is 10.5. The summed E-state index contributed by atoms with van der Waals surface area (Å²) in [5.41, 5.74) is 0.0684. The minimum atomic E-state index is -3.70. The van der Waals surface area contributed by atoms with E-state index >= 15 is 0 Å². The molecule has 1 aromatic rings. The molecule has 3 saturated heterocycles. The van der Waals surface area contributed by atoms with Crippen LogP contribution < -0.4 is 0 Å². The molecule has 7 nitrogen and oxygen atoms in total. The zero-order valence-corrected chi connectivity index (χ0v) is 17.5. The summed E-state index contributed by atoms with van der Waals surface area (Å²) in [5.74, 6) is -0.528. The highest BCUT2D eigenvalue weighted by Gasteiger charge is 2.50. The van der Waals surface area contributed by atoms with Crippen molar-refractivity contribution in [2.45, 2.75) is 62.4 Å². The number of rotatable bonds is 5. The fourth-order valence-corrected chi connectivity index (χ4v) is 7.07. The lowest BCUT2D eigenvalue weighted by Crippen LogP contribution is -2.65. The predicted octanol–water partition coefficient (Wildman–Crippen LogP) is 2.58. The highest BCUT2D eigenvalue weighted by molar-refractivity contribution is 7.89. The summed E-state index contributed by atoms with van der Waals surface area (Å²) in [6.07, 6.45) is 5.28. The van der Waals surface area contributed by atoms with Gasteiger partial charge in [-0.2, -0.15) is 4.31 Å². The predicted molar refractivity (Wildman–Crippen MR) is 107 cm³/mol. The fourth-order valence-electron chi connectivity index (χ4n) is 5.51. The molecular formula is C21H28N2O5S. The summed E-state index contributed by atoms with van der Waals surface area (Å²) in [7, 11) is -3.70. The number of nitrogens with zero attached hydrogens (tertiary/aromatic N) is 2. The minimum Gasteiger partial charge on any atom is -0.478 e. The summed E-state index contributed by atoms with van der Waals surface area (Å²) in [6.45, 7) is 2.95. The van der Waals surface area contributed by atoms with Crippen molar-refractivity contribution >= 4 is 21.9 Å². The number of fused-ring (bicyclic) bond motifs is 4. The molecule has 0 radical (unpaired) electrons. The van der Waals surface area contributed by atoms with Gasteiger partial charge in [0.1, 0.15) is 0 Å². The summed E-state index contributed by atoms with van der Waals surface area (Å²) in [5, 5.41) is 9.06. The van der Waals surface area contributed by atoms with Crippen molar-refractivity contribution in [3.05, 3.63) is 29.8 Å². The molecule has 4 atom stereocenters. The van der Waals surface area contributed by atoms with Gasteiger partial charge in [0.25, 0.3) is 0 Å². The zero-order valence-electron chi connectivity index (χ0n) is 16.7. The molecule has 3 aliphatic heterocycles. The first-order chi connectivity index (χ1) is 13.8. The Bertz CT molecular complexity index is 898. The van der Waals surface area contributed by atoms with Crippen LogP contribution in [0.3, 0.4) is 0 Å². The van der Waals surface area contributed by atoms with Crippen LogP contribution in [0, 0.1) is 11.8 Å². The monoisotopic (exact) mass is 420 g/mol. The van der Waals surface area contributed by atoms with Crippen LogP contribution in [-0.2, 0) is 14.8 Å². The lowest BCUT2D eigenvalue weighted by Gasteiger charge is -2.56. The number of hydrogen-bond donors (Lipinski definition) is 1. The average molecular weight is 421 g/mol. The van der Waals surface area contributed by atoms with E-state index in [1.807, 2.05) is 0 Å². The van der Waals surface area contributed by atoms with Gasteiger partial charge in [0, 0.05) is 31.6 Å². The largest absolute Gasteiger partial charge is 0.478 e. The number of carboxylic acids is 1. The van der Waals surface area contributed by atoms with E-state index in [0.717, 1.165) is 32.1 Å². The van der Waals surface area contributed by atoms with Gasteiger partial charge in [0.2, 0.25) is 15.9 Å². The first kappa shape index (κ1) is 20.3. The van der Waals surface area contributed by atoms with E-state index in [4.69, 9.17) is 5.11 Å². The number of benzene rings is 1. The minimum absolute atomic E-state index is 0.0684. The highest BCUT2D eigenvalue weighted by Crippen LogP contribution is 2.43. The van der Waals surface area contributed by atoms with E-state index in [1.165, 1.54) is 24.3 Å². The molecular weight excluding hydrogens is 392 g/mol. The lowest BCUT2D eigenvalue weighted by molar-refractivity contribution is -0.151. The molecule has 0 unspecified atom stereocenters. The molecule has 1 N–H and O–H groups in total. The molecule has 29 heavy (non-hydrogen) atoms. The molecule has 0 spiro atoms. The Balaban J connectivity index is 1.62. The maximum atomic E-state index is 13.3. The molecule has 1 aromatic carbocycles. The van der Waals surface area contributed by atoms with Gasteiger partial charge in [-0.3, -0.25) is 4.79 Å². The van der Waals surface area contributed by atoms with Crippen LogP contribution in [0.5, 0.6) is 0 Å². The smallest absolute Gasteiger partial charge is 0.335 e. The number of hydrogen-bond acceptors (Lipinski definition) is 4. The van der Waals surface area contributed by atoms with Gasteiger partial charge in [0.15, 0.2) is 0 Å². The van der Waals surface area contributed by atoms with E-state index in [2.05, 4.69) is 11.8 Å². The van der Waals surface area contributed by atoms with Crippen molar-refractivity contribution in [3.63, 3.8) is 0 Å². The number of amides is 1. The third-order valence-electron chi connectivity index (χ3n) is 6.79. The van der Waals surface area contributed by atoms with Gasteiger partial charge >= 0.3 is 5.97 Å². The van der Waals surface area contributed by atoms with Gasteiger partial charge in [-0.05, 0) is 61.8 Å². The van der Waals surface area contributed by atoms with Crippen LogP contribution >= 0.6 is 0 Å². The van der Waals surface area contributed by atoms with E-state index < -0.39 is 16.0 Å². The Kier molecular flexibility index (Phi) is 5.42. The van der Waals surface area contributed by atoms with E-state index in [0.29, 0.717) is 19.5 Å². The van der Waals surface area contributed by atoms with E-state index in [-0.39, 0.29) is 40.3 Å². The second kappa shape index (κ2) is 7.72. The molecule has 0 saturated carbocycles. The van der Waals surface area contributed by atoms with Gasteiger partial charge < -0.3 is 10.0 Å². The highest BCUT2D eigenvalue weighted by atomic mass is 32.2. The Labute approximate surface area is 171 Å². The average Bonchev–Trinajstić information content (AvgIpc) is 2.71. The number of aromatic carboxylic acids is 1. The fraction of sp³-hybridized carbons (Fsp3) is 0.619. The Hall–Kier alpha value is -1.93. The second-order valence-corrected chi connectivity index (χ2v) is 10.5. The number of carboxylic acid groups (broad SMARTS) is 1. The SMILES string of the molecule is CCC[C@H]1[C@H]2C[C@H](CN(S(=O)(=O)c3ccc(C(=O)O)cc3)C2)[C@@H]2CCCC(=O)N21. The van der Waals surface area contributed by atoms with Gasteiger partial charge in [-0.15, -0.1) is 0 Å². The van der Waals surface area contributed by atoms with E-state index in [9.17, 15) is 18.0 Å². The van der Waals surface area contributed by atoms with Crippen molar-refractivity contribution < 1.29 is 23.1 Å². The van der Waals surface area contributed by atoms with Gasteiger partial charge in [0.05, 0.1) is 10.5 Å². The summed E-state index contributed by atoms with van der Waals surface area (Å²) in [6, 6.07) is 5.67. The molecule has 8 heteroatoms. The molecule has 2 bridgehead atoms. The molecule has 4 rings (SSSR count). The molecule has 1 amide bonds. The quantitative estimate of drug-likeness (QED) is 0.790. The van der Waals surface area contributed by atoms with Crippen LogP contribution in [0.15, 0.2) is 29.2 Å². The third-order valence-corrected chi connectivity index (χ3v) is 8.63. The maximum Gasteiger partial charge on any atom is 0.335 e. The van der Waals surface area contributed by atoms with Crippen molar-refractivity contribution in [2.75, 3.05) is 13.1 Å². The lowest BCUT2D eigenvalue weighted by atomic mass is 9.71. The van der Waals surface area contributed by atoms with Crippen LogP contribution in [0.4, 0.5) is 0 Å². The van der Waals surface area contributed by atoms with Gasteiger partial charge in [-0.1, -0.05) is 13.3 Å². The first-order valence-corrected chi connectivity index (χ1v) is 11.9. The summed E-state index contributed by atoms with van der Waals surface area (Å²) in [4.78, 5) is 26.0. The van der Waals surface area contributed by atoms with Crippen molar-refractivity contribution in [3.8, 4) is 0 Å². The van der Waals surface area contributed by atoms with Crippen LogP contribution in [-0.4, -0.2) is 59.8 Å². The normalized spacial score (nSPS) is 30.1. The number of carbonyl (C=O) groups excluding carboxylic acids is 1. The molecule has 0 aliphatic carbocycles. The molecule has 3 aliphatic rings. The van der Waals surface area contributed by atoms with Crippen LogP contribution in [0.25, 0.3) is 0 Å². The number of carbonyl (C=O) groups is 2.